The highest BCUT2D eigenvalue weighted by molar-refractivity contribution is 5.99. The van der Waals surface area contributed by atoms with Crippen LogP contribution in [0, 0.1) is 5.82 Å². The van der Waals surface area contributed by atoms with Crippen molar-refractivity contribution in [2.75, 3.05) is 16.0 Å². The summed E-state index contributed by atoms with van der Waals surface area (Å²) in [6.45, 7) is 7.16. The molecule has 0 aliphatic rings. The van der Waals surface area contributed by atoms with Crippen LogP contribution in [0.25, 0.3) is 0 Å². The summed E-state index contributed by atoms with van der Waals surface area (Å²) in [7, 11) is 1.79. The van der Waals surface area contributed by atoms with Crippen molar-refractivity contribution in [3.8, 4) is 0 Å². The number of hydrogen-bond donors (Lipinski definition) is 3. The van der Waals surface area contributed by atoms with Crippen LogP contribution in [0.15, 0.2) is 79.8 Å². The van der Waals surface area contributed by atoms with Crippen molar-refractivity contribution in [1.82, 2.24) is 24.6 Å². The first-order valence-corrected chi connectivity index (χ1v) is 12.2. The Balaban J connectivity index is 1.72. The lowest BCUT2D eigenvalue weighted by atomic mass is 10.1. The number of nitrogens with zero attached hydrogens (tertiary/aromatic N) is 5. The summed E-state index contributed by atoms with van der Waals surface area (Å²) in [6.07, 6.45) is 6.10. The van der Waals surface area contributed by atoms with Gasteiger partial charge in [0.05, 0.1) is 23.6 Å². The Hall–Kier alpha value is -5.06. The first kappa shape index (κ1) is 27.0. The minimum atomic E-state index is -0.557. The molecule has 0 aliphatic carbocycles. The number of carbonyl (C=O) groups is 2. The molecule has 39 heavy (non-hydrogen) atoms. The maximum Gasteiger partial charge on any atom is 0.247 e. The summed E-state index contributed by atoms with van der Waals surface area (Å²) < 4.78 is 16.5. The summed E-state index contributed by atoms with van der Waals surface area (Å²) in [5.74, 6) is -0.594. The molecule has 10 nitrogen and oxygen atoms in total. The summed E-state index contributed by atoms with van der Waals surface area (Å²) in [5, 5.41) is 12.9. The maximum absolute atomic E-state index is 14.9. The lowest BCUT2D eigenvalue weighted by molar-refractivity contribution is -0.131. The van der Waals surface area contributed by atoms with Gasteiger partial charge in [-0.2, -0.15) is 10.1 Å². The fraction of sp³-hybridized carbons (Fsp3) is 0.179. The van der Waals surface area contributed by atoms with Gasteiger partial charge >= 0.3 is 0 Å². The van der Waals surface area contributed by atoms with E-state index in [9.17, 15) is 14.0 Å². The predicted molar refractivity (Wildman–Crippen MR) is 148 cm³/mol. The molecular weight excluding hydrogens is 499 g/mol. The van der Waals surface area contributed by atoms with E-state index in [-0.39, 0.29) is 23.4 Å². The Kier molecular flexibility index (Phi) is 8.30. The zero-order valence-electron chi connectivity index (χ0n) is 21.9. The monoisotopic (exact) mass is 528 g/mol. The minimum Gasteiger partial charge on any atom is -0.337 e. The number of halogens is 1. The van der Waals surface area contributed by atoms with Crippen LogP contribution in [0.4, 0.5) is 33.2 Å². The molecule has 1 atom stereocenters. The summed E-state index contributed by atoms with van der Waals surface area (Å²) in [4.78, 5) is 35.2. The number of nitrogens with one attached hydrogen (secondary N) is 3. The molecule has 200 valence electrons. The molecule has 4 aromatic rings. The molecule has 4 rings (SSSR count). The molecule has 0 radical (unpaired) electrons. The topological polar surface area (TPSA) is 117 Å². The Morgan fingerprint density at radius 2 is 1.90 bits per heavy atom. The largest absolute Gasteiger partial charge is 0.337 e. The predicted octanol–water partition coefficient (Wildman–Crippen LogP) is 5.07. The summed E-state index contributed by atoms with van der Waals surface area (Å²) >= 11 is 0. The van der Waals surface area contributed by atoms with Gasteiger partial charge in [-0.25, -0.2) is 9.37 Å². The van der Waals surface area contributed by atoms with Crippen molar-refractivity contribution in [3.63, 3.8) is 0 Å². The van der Waals surface area contributed by atoms with Crippen molar-refractivity contribution in [2.45, 2.75) is 26.4 Å². The van der Waals surface area contributed by atoms with Crippen molar-refractivity contribution in [3.05, 3.63) is 96.7 Å². The van der Waals surface area contributed by atoms with Gasteiger partial charge in [-0.1, -0.05) is 36.9 Å². The van der Waals surface area contributed by atoms with E-state index >= 15 is 0 Å². The smallest absolute Gasteiger partial charge is 0.247 e. The zero-order chi connectivity index (χ0) is 27.9. The lowest BCUT2D eigenvalue weighted by Gasteiger charge is -2.30. The molecule has 3 N–H and O–H groups in total. The third-order valence-corrected chi connectivity index (χ3v) is 5.97. The quantitative estimate of drug-likeness (QED) is 0.246. The van der Waals surface area contributed by atoms with Gasteiger partial charge in [-0.05, 0) is 36.8 Å². The molecule has 0 fully saturated rings. The molecule has 11 heteroatoms. The average Bonchev–Trinajstić information content (AvgIpc) is 3.33. The highest BCUT2D eigenvalue weighted by Crippen LogP contribution is 2.32. The van der Waals surface area contributed by atoms with Crippen LogP contribution in [0.3, 0.4) is 0 Å². The van der Waals surface area contributed by atoms with E-state index in [1.807, 2.05) is 37.3 Å². The second kappa shape index (κ2) is 12.0. The Morgan fingerprint density at radius 1 is 1.13 bits per heavy atom. The van der Waals surface area contributed by atoms with Gasteiger partial charge in [0.2, 0.25) is 17.8 Å². The molecule has 1 unspecified atom stereocenters. The number of hydrogen-bond acceptors (Lipinski definition) is 7. The van der Waals surface area contributed by atoms with E-state index in [2.05, 4.69) is 37.6 Å². The SMILES string of the molecule is C=CC(=O)Nc1ccc(F)c(Nc2nc(Nc3cnn(C)c3)ncc2C(C)N(Cc2ccccc2)C(C)=O)c1. The third kappa shape index (κ3) is 6.83. The van der Waals surface area contributed by atoms with Crippen LogP contribution >= 0.6 is 0 Å². The van der Waals surface area contributed by atoms with Crippen LogP contribution in [0.1, 0.15) is 31.0 Å². The molecule has 2 aromatic heterocycles. The normalized spacial score (nSPS) is 11.4. The van der Waals surface area contributed by atoms with Crippen LogP contribution in [-0.2, 0) is 23.2 Å². The number of aryl methyl sites for hydroxylation is 1. The van der Waals surface area contributed by atoms with E-state index in [4.69, 9.17) is 0 Å². The van der Waals surface area contributed by atoms with Crippen molar-refractivity contribution in [2.24, 2.45) is 7.05 Å². The molecule has 2 heterocycles. The van der Waals surface area contributed by atoms with E-state index in [0.717, 1.165) is 11.6 Å². The van der Waals surface area contributed by atoms with Gasteiger partial charge in [0.25, 0.3) is 0 Å². The van der Waals surface area contributed by atoms with Gasteiger partial charge in [0.1, 0.15) is 11.6 Å². The van der Waals surface area contributed by atoms with Gasteiger partial charge in [-0.15, -0.1) is 0 Å². The number of aromatic nitrogens is 4. The van der Waals surface area contributed by atoms with Crippen LogP contribution < -0.4 is 16.0 Å². The van der Waals surface area contributed by atoms with Crippen LogP contribution in [-0.4, -0.2) is 36.5 Å². The first-order chi connectivity index (χ1) is 18.7. The number of amides is 2. The highest BCUT2D eigenvalue weighted by Gasteiger charge is 2.24. The standard InChI is InChI=1S/C28H29FN8O2/c1-5-26(39)32-21-11-12-24(29)25(13-21)34-27-23(15-30-28(35-27)33-22-14-31-36(4)17-22)18(2)37(19(3)38)16-20-9-7-6-8-10-20/h5-15,17-18H,1,16H2,2-4H3,(H,32,39)(H2,30,33,34,35). The summed E-state index contributed by atoms with van der Waals surface area (Å²) in [5.41, 5.74) is 2.64. The van der Waals surface area contributed by atoms with Gasteiger partial charge in [-0.3, -0.25) is 14.3 Å². The minimum absolute atomic E-state index is 0.0776. The lowest BCUT2D eigenvalue weighted by Crippen LogP contribution is -2.31. The molecular formula is C28H29FN8O2. The second-order valence-electron chi connectivity index (χ2n) is 8.85. The third-order valence-electron chi connectivity index (χ3n) is 5.97. The first-order valence-electron chi connectivity index (χ1n) is 12.2. The molecule has 0 saturated carbocycles. The molecule has 2 aromatic carbocycles. The number of carbonyl (C=O) groups excluding carboxylic acids is 2. The fourth-order valence-corrected chi connectivity index (χ4v) is 3.96. The van der Waals surface area contributed by atoms with Crippen molar-refractivity contribution in [1.29, 1.82) is 0 Å². The van der Waals surface area contributed by atoms with E-state index in [0.29, 0.717) is 23.5 Å². The Bertz CT molecular complexity index is 1490. The zero-order valence-corrected chi connectivity index (χ0v) is 21.9. The van der Waals surface area contributed by atoms with E-state index < -0.39 is 17.8 Å². The van der Waals surface area contributed by atoms with E-state index in [1.165, 1.54) is 25.1 Å². The Labute approximate surface area is 225 Å². The molecule has 0 bridgehead atoms. The van der Waals surface area contributed by atoms with Gasteiger partial charge in [0, 0.05) is 44.2 Å². The Morgan fingerprint density at radius 3 is 2.56 bits per heavy atom. The second-order valence-corrected chi connectivity index (χ2v) is 8.85. The molecule has 0 saturated heterocycles. The average molecular weight is 529 g/mol. The number of rotatable bonds is 10. The molecule has 0 spiro atoms. The van der Waals surface area contributed by atoms with Crippen molar-refractivity contribution >= 4 is 40.6 Å². The van der Waals surface area contributed by atoms with Crippen LogP contribution in [0.5, 0.6) is 0 Å². The molecule has 0 aliphatic heterocycles. The maximum atomic E-state index is 14.9. The van der Waals surface area contributed by atoms with Gasteiger partial charge in [0.15, 0.2) is 0 Å². The molecule has 2 amide bonds. The summed E-state index contributed by atoms with van der Waals surface area (Å²) in [6, 6.07) is 13.3. The number of benzene rings is 2. The van der Waals surface area contributed by atoms with Crippen LogP contribution in [0.2, 0.25) is 0 Å². The van der Waals surface area contributed by atoms with Crippen molar-refractivity contribution < 1.29 is 14.0 Å². The van der Waals surface area contributed by atoms with Gasteiger partial charge < -0.3 is 20.9 Å². The highest BCUT2D eigenvalue weighted by atomic mass is 19.1. The fourth-order valence-electron chi connectivity index (χ4n) is 3.96. The van der Waals surface area contributed by atoms with E-state index in [1.54, 1.807) is 35.2 Å². The number of anilines is 5.